The molecule has 0 N–H and O–H groups in total. The van der Waals surface area contributed by atoms with Crippen molar-refractivity contribution in [3.63, 3.8) is 0 Å². The maximum Gasteiger partial charge on any atom is 0.143 e. The van der Waals surface area contributed by atoms with Gasteiger partial charge in [-0.05, 0) is 117 Å². The monoisotopic (exact) mass is 647 g/mol. The fourth-order valence-corrected chi connectivity index (χ4v) is 8.72. The molecule has 0 atom stereocenters. The summed E-state index contributed by atoms with van der Waals surface area (Å²) in [5, 5.41) is 15.4. The van der Waals surface area contributed by atoms with E-state index in [1.165, 1.54) is 10.8 Å². The number of para-hydroxylation sites is 2. The van der Waals surface area contributed by atoms with Gasteiger partial charge >= 0.3 is 0 Å². The molecule has 234 valence electrons. The van der Waals surface area contributed by atoms with Crippen molar-refractivity contribution in [1.29, 1.82) is 0 Å². The number of hydrogen-bond donors (Lipinski definition) is 0. The van der Waals surface area contributed by atoms with Crippen molar-refractivity contribution in [3.8, 4) is 33.4 Å². The fourth-order valence-electron chi connectivity index (χ4n) is 8.72. The Morgan fingerprint density at radius 1 is 0.314 bits per heavy atom. The van der Waals surface area contributed by atoms with Crippen molar-refractivity contribution >= 4 is 86.6 Å². The smallest absolute Gasteiger partial charge is 0.143 e. The Morgan fingerprint density at radius 3 is 1.31 bits per heavy atom. The van der Waals surface area contributed by atoms with Gasteiger partial charge in [-0.1, -0.05) is 146 Å². The normalized spacial score (nSPS) is 13.1. The predicted molar refractivity (Wildman–Crippen MR) is 217 cm³/mol. The van der Waals surface area contributed by atoms with Crippen molar-refractivity contribution in [2.45, 2.75) is 0 Å². The SMILES string of the molecule is [2H]c1c(-c2ccc3ccc4cccc5ccc2c3c45)c([2H])c(-c2cccc3c2oc2ccccc23)c([2H])c1-c1ccc2ccc3cccc4ccc1c2c34. The van der Waals surface area contributed by atoms with Crippen LogP contribution >= 0.6 is 0 Å². The standard InChI is InChI=1S/C50H28O/c1-2-13-45-41(10-1)44-12-5-11-40(50(44)51-45)37-27-35(38-22-18-33-16-14-29-6-3-8-31-20-24-42(38)48(33)46(29)31)26-36(28-37)39-23-19-34-17-15-30-7-4-9-32-21-25-43(39)49(34)47(30)32/h1-28H/i26D,27D,28D. The van der Waals surface area contributed by atoms with E-state index in [4.69, 9.17) is 4.42 Å². The molecule has 1 aromatic heterocycles. The van der Waals surface area contributed by atoms with Crippen LogP contribution in [0, 0.1) is 0 Å². The van der Waals surface area contributed by atoms with Crippen LogP contribution < -0.4 is 0 Å². The maximum atomic E-state index is 10.1. The molecule has 1 heteroatoms. The van der Waals surface area contributed by atoms with E-state index in [0.29, 0.717) is 27.8 Å². The summed E-state index contributed by atoms with van der Waals surface area (Å²) in [6.45, 7) is 0. The number of benzene rings is 11. The summed E-state index contributed by atoms with van der Waals surface area (Å²) in [5.41, 5.74) is 5.17. The molecule has 0 unspecified atom stereocenters. The molecule has 11 aromatic carbocycles. The van der Waals surface area contributed by atoms with E-state index in [2.05, 4.69) is 109 Å². The zero-order valence-electron chi connectivity index (χ0n) is 30.3. The lowest BCUT2D eigenvalue weighted by atomic mass is 9.86. The molecule has 12 aromatic rings. The van der Waals surface area contributed by atoms with Gasteiger partial charge in [0.1, 0.15) is 11.2 Å². The topological polar surface area (TPSA) is 13.1 Å². The van der Waals surface area contributed by atoms with Crippen LogP contribution in [0.2, 0.25) is 0 Å². The molecule has 1 heterocycles. The highest BCUT2D eigenvalue weighted by atomic mass is 16.3. The first-order valence-electron chi connectivity index (χ1n) is 18.9. The van der Waals surface area contributed by atoms with Crippen LogP contribution in [0.15, 0.2) is 174 Å². The number of furan rings is 1. The Labute approximate surface area is 297 Å². The van der Waals surface area contributed by atoms with Crippen LogP contribution in [0.25, 0.3) is 120 Å². The van der Waals surface area contributed by atoms with Gasteiger partial charge < -0.3 is 4.42 Å². The van der Waals surface area contributed by atoms with Gasteiger partial charge in [0.05, 0.1) is 4.11 Å². The van der Waals surface area contributed by atoms with Crippen molar-refractivity contribution < 1.29 is 8.53 Å². The third-order valence-electron chi connectivity index (χ3n) is 11.0. The third-order valence-corrected chi connectivity index (χ3v) is 11.0. The summed E-state index contributed by atoms with van der Waals surface area (Å²) < 4.78 is 36.8. The number of rotatable bonds is 3. The molecule has 0 saturated carbocycles. The lowest BCUT2D eigenvalue weighted by Gasteiger charge is -2.18. The molecule has 0 spiro atoms. The summed E-state index contributed by atoms with van der Waals surface area (Å²) in [7, 11) is 0. The lowest BCUT2D eigenvalue weighted by Crippen LogP contribution is -1.91. The molecule has 12 rings (SSSR count). The van der Waals surface area contributed by atoms with Gasteiger partial charge in [-0.2, -0.15) is 0 Å². The average Bonchev–Trinajstić information content (AvgIpc) is 3.59. The summed E-state index contributed by atoms with van der Waals surface area (Å²) in [6, 6.07) is 52.8. The van der Waals surface area contributed by atoms with Gasteiger partial charge in [0.15, 0.2) is 0 Å². The summed E-state index contributed by atoms with van der Waals surface area (Å²) in [5.74, 6) is 0. The zero-order chi connectivity index (χ0) is 35.8. The highest BCUT2D eigenvalue weighted by Crippen LogP contribution is 2.45. The Kier molecular flexibility index (Phi) is 4.76. The second kappa shape index (κ2) is 9.94. The van der Waals surface area contributed by atoms with Crippen LogP contribution in [-0.2, 0) is 0 Å². The molecule has 0 saturated heterocycles. The molecule has 0 aliphatic heterocycles. The second-order valence-electron chi connectivity index (χ2n) is 13.7. The highest BCUT2D eigenvalue weighted by Gasteiger charge is 2.19. The molecule has 51 heavy (non-hydrogen) atoms. The van der Waals surface area contributed by atoms with Crippen LogP contribution in [0.5, 0.6) is 0 Å². The summed E-state index contributed by atoms with van der Waals surface area (Å²) >= 11 is 0. The molecule has 0 bridgehead atoms. The van der Waals surface area contributed by atoms with E-state index in [-0.39, 0.29) is 18.1 Å². The summed E-state index contributed by atoms with van der Waals surface area (Å²) in [6.07, 6.45) is 0. The second-order valence-corrected chi connectivity index (χ2v) is 13.7. The van der Waals surface area contributed by atoms with Crippen LogP contribution in [-0.4, -0.2) is 0 Å². The van der Waals surface area contributed by atoms with Gasteiger partial charge in [0.2, 0.25) is 0 Å². The van der Waals surface area contributed by atoms with Crippen molar-refractivity contribution in [2.75, 3.05) is 0 Å². The van der Waals surface area contributed by atoms with Gasteiger partial charge in [-0.15, -0.1) is 0 Å². The van der Waals surface area contributed by atoms with Crippen molar-refractivity contribution in [2.24, 2.45) is 0 Å². The first-order valence-corrected chi connectivity index (χ1v) is 17.4. The molecular formula is C50H28O. The molecule has 1 nitrogen and oxygen atoms in total. The minimum absolute atomic E-state index is 0.148. The maximum absolute atomic E-state index is 10.1. The average molecular weight is 648 g/mol. The first-order chi connectivity index (χ1) is 26.5. The highest BCUT2D eigenvalue weighted by molar-refractivity contribution is 6.27. The lowest BCUT2D eigenvalue weighted by molar-refractivity contribution is 0.670. The predicted octanol–water partition coefficient (Wildman–Crippen LogP) is 14.4. The molecular weight excluding hydrogens is 617 g/mol. The van der Waals surface area contributed by atoms with Crippen molar-refractivity contribution in [1.82, 2.24) is 0 Å². The first kappa shape index (κ1) is 24.4. The number of fused-ring (bicyclic) bond motifs is 3. The number of hydrogen-bond acceptors (Lipinski definition) is 1. The van der Waals surface area contributed by atoms with E-state index >= 15 is 0 Å². The molecule has 0 radical (unpaired) electrons. The van der Waals surface area contributed by atoms with E-state index in [1.807, 2.05) is 42.5 Å². The Hall–Kier alpha value is -6.70. The van der Waals surface area contributed by atoms with Crippen molar-refractivity contribution in [3.05, 3.63) is 170 Å². The van der Waals surface area contributed by atoms with E-state index in [1.54, 1.807) is 0 Å². The largest absolute Gasteiger partial charge is 0.455 e. The van der Waals surface area contributed by atoms with Crippen LogP contribution in [0.4, 0.5) is 0 Å². The summed E-state index contributed by atoms with van der Waals surface area (Å²) in [4.78, 5) is 0. The zero-order valence-corrected chi connectivity index (χ0v) is 27.3. The van der Waals surface area contributed by atoms with Gasteiger partial charge in [0, 0.05) is 16.3 Å². The molecule has 0 amide bonds. The quantitative estimate of drug-likeness (QED) is 0.174. The minimum Gasteiger partial charge on any atom is -0.455 e. The Bertz CT molecular complexity index is 3330. The fraction of sp³-hybridized carbons (Fsp3) is 0. The Balaban J connectivity index is 1.25. The molecule has 0 aliphatic carbocycles. The van der Waals surface area contributed by atoms with Gasteiger partial charge in [-0.3, -0.25) is 0 Å². The molecule has 0 fully saturated rings. The van der Waals surface area contributed by atoms with E-state index in [9.17, 15) is 4.11 Å². The third kappa shape index (κ3) is 3.75. The Morgan fingerprint density at radius 2 is 0.745 bits per heavy atom. The van der Waals surface area contributed by atoms with Crippen LogP contribution in [0.3, 0.4) is 0 Å². The van der Waals surface area contributed by atoms with Gasteiger partial charge in [0.25, 0.3) is 0 Å². The molecule has 0 aliphatic rings. The van der Waals surface area contributed by atoms with Gasteiger partial charge in [-0.25, -0.2) is 0 Å². The minimum atomic E-state index is 0.148. The van der Waals surface area contributed by atoms with E-state index < -0.39 is 0 Å². The van der Waals surface area contributed by atoms with E-state index in [0.717, 1.165) is 81.3 Å². The van der Waals surface area contributed by atoms with Crippen LogP contribution in [0.1, 0.15) is 4.11 Å².